The van der Waals surface area contributed by atoms with Crippen molar-refractivity contribution in [2.24, 2.45) is 5.73 Å². The molecule has 0 aliphatic heterocycles. The summed E-state index contributed by atoms with van der Waals surface area (Å²) in [4.78, 5) is 8.60. The molecular formula is C18H17N3. The Hall–Kier alpha value is -2.52. The summed E-state index contributed by atoms with van der Waals surface area (Å²) >= 11 is 0. The zero-order valence-electron chi connectivity index (χ0n) is 11.9. The molecule has 3 nitrogen and oxygen atoms in total. The topological polar surface area (TPSA) is 51.8 Å². The minimum atomic E-state index is -0.247. The molecule has 3 heteroatoms. The second-order valence-electron chi connectivity index (χ2n) is 5.05. The number of nitrogens with two attached hydrogens (primary N) is 1. The molecule has 0 aliphatic carbocycles. The Morgan fingerprint density at radius 2 is 1.48 bits per heavy atom. The van der Waals surface area contributed by atoms with Gasteiger partial charge in [-0.3, -0.25) is 9.97 Å². The van der Waals surface area contributed by atoms with Crippen LogP contribution in [0.1, 0.15) is 23.0 Å². The summed E-state index contributed by atoms with van der Waals surface area (Å²) in [5.74, 6) is 0. The van der Waals surface area contributed by atoms with Gasteiger partial charge >= 0.3 is 0 Å². The van der Waals surface area contributed by atoms with Crippen LogP contribution in [0.15, 0.2) is 67.0 Å². The van der Waals surface area contributed by atoms with Gasteiger partial charge in [-0.15, -0.1) is 0 Å². The average Bonchev–Trinajstić information content (AvgIpc) is 2.56. The fourth-order valence-corrected chi connectivity index (χ4v) is 2.25. The Morgan fingerprint density at radius 1 is 0.810 bits per heavy atom. The van der Waals surface area contributed by atoms with Crippen molar-refractivity contribution in [3.05, 3.63) is 83.9 Å². The Bertz CT molecular complexity index is 704. The highest BCUT2D eigenvalue weighted by molar-refractivity contribution is 5.63. The number of aromatic nitrogens is 2. The van der Waals surface area contributed by atoms with E-state index in [0.29, 0.717) is 0 Å². The standard InChI is InChI=1S/C18H17N3/c1-13-11-21-17(12-20-13)18(19)16-9-7-15(8-10-16)14-5-3-2-4-6-14/h2-12,18H,19H2,1H3. The average molecular weight is 275 g/mol. The third-order valence-corrected chi connectivity index (χ3v) is 3.50. The lowest BCUT2D eigenvalue weighted by molar-refractivity contribution is 0.813. The molecule has 2 aromatic carbocycles. The number of rotatable bonds is 3. The molecule has 1 heterocycles. The predicted molar refractivity (Wildman–Crippen MR) is 84.7 cm³/mol. The molecule has 2 N–H and O–H groups in total. The van der Waals surface area contributed by atoms with Gasteiger partial charge in [0.2, 0.25) is 0 Å². The van der Waals surface area contributed by atoms with Crippen molar-refractivity contribution >= 4 is 0 Å². The smallest absolute Gasteiger partial charge is 0.0799 e. The van der Waals surface area contributed by atoms with Gasteiger partial charge in [0.05, 0.1) is 23.6 Å². The van der Waals surface area contributed by atoms with Gasteiger partial charge in [0, 0.05) is 6.20 Å². The Kier molecular flexibility index (Phi) is 3.75. The molecule has 3 aromatic rings. The molecule has 21 heavy (non-hydrogen) atoms. The fourth-order valence-electron chi connectivity index (χ4n) is 2.25. The van der Waals surface area contributed by atoms with E-state index in [1.807, 2.05) is 25.1 Å². The number of hydrogen-bond donors (Lipinski definition) is 1. The fraction of sp³-hybridized carbons (Fsp3) is 0.111. The summed E-state index contributed by atoms with van der Waals surface area (Å²) in [5, 5.41) is 0. The van der Waals surface area contributed by atoms with E-state index in [1.165, 1.54) is 11.1 Å². The first-order valence-electron chi connectivity index (χ1n) is 6.93. The van der Waals surface area contributed by atoms with Crippen LogP contribution in [0.4, 0.5) is 0 Å². The third kappa shape index (κ3) is 2.98. The van der Waals surface area contributed by atoms with Crippen molar-refractivity contribution < 1.29 is 0 Å². The van der Waals surface area contributed by atoms with E-state index in [2.05, 4.69) is 46.4 Å². The Balaban J connectivity index is 1.85. The second kappa shape index (κ2) is 5.85. The van der Waals surface area contributed by atoms with Crippen LogP contribution in [0.5, 0.6) is 0 Å². The number of aryl methyl sites for hydroxylation is 1. The van der Waals surface area contributed by atoms with Crippen LogP contribution in [-0.4, -0.2) is 9.97 Å². The number of hydrogen-bond acceptors (Lipinski definition) is 3. The highest BCUT2D eigenvalue weighted by Crippen LogP contribution is 2.23. The maximum absolute atomic E-state index is 6.25. The van der Waals surface area contributed by atoms with Gasteiger partial charge in [-0.1, -0.05) is 54.6 Å². The van der Waals surface area contributed by atoms with E-state index in [0.717, 1.165) is 17.0 Å². The minimum absolute atomic E-state index is 0.247. The van der Waals surface area contributed by atoms with Crippen molar-refractivity contribution in [2.45, 2.75) is 13.0 Å². The van der Waals surface area contributed by atoms with Crippen molar-refractivity contribution in [1.82, 2.24) is 9.97 Å². The largest absolute Gasteiger partial charge is 0.319 e. The van der Waals surface area contributed by atoms with Gasteiger partial charge in [-0.25, -0.2) is 0 Å². The molecule has 0 amide bonds. The number of nitrogens with zero attached hydrogens (tertiary/aromatic N) is 2. The minimum Gasteiger partial charge on any atom is -0.319 e. The third-order valence-electron chi connectivity index (χ3n) is 3.50. The normalized spacial score (nSPS) is 12.1. The molecule has 0 spiro atoms. The highest BCUT2D eigenvalue weighted by atomic mass is 14.8. The van der Waals surface area contributed by atoms with Crippen molar-refractivity contribution in [2.75, 3.05) is 0 Å². The van der Waals surface area contributed by atoms with Gasteiger partial charge in [0.1, 0.15) is 0 Å². The molecule has 0 fully saturated rings. The lowest BCUT2D eigenvalue weighted by Gasteiger charge is -2.12. The first-order valence-corrected chi connectivity index (χ1v) is 6.93. The van der Waals surface area contributed by atoms with Crippen molar-refractivity contribution in [3.8, 4) is 11.1 Å². The van der Waals surface area contributed by atoms with Gasteiger partial charge < -0.3 is 5.73 Å². The maximum Gasteiger partial charge on any atom is 0.0799 e. The van der Waals surface area contributed by atoms with E-state index < -0.39 is 0 Å². The van der Waals surface area contributed by atoms with Crippen LogP contribution in [0.3, 0.4) is 0 Å². The lowest BCUT2D eigenvalue weighted by atomic mass is 10.00. The van der Waals surface area contributed by atoms with Crippen LogP contribution in [0.25, 0.3) is 11.1 Å². The first kappa shape index (κ1) is 13.5. The first-order chi connectivity index (χ1) is 10.2. The molecule has 0 radical (unpaired) electrons. The van der Waals surface area contributed by atoms with Crippen molar-refractivity contribution in [1.29, 1.82) is 0 Å². The zero-order chi connectivity index (χ0) is 14.7. The molecule has 0 bridgehead atoms. The highest BCUT2D eigenvalue weighted by Gasteiger charge is 2.10. The van der Waals surface area contributed by atoms with Gasteiger partial charge in [0.15, 0.2) is 0 Å². The summed E-state index contributed by atoms with van der Waals surface area (Å²) in [6.45, 7) is 1.91. The van der Waals surface area contributed by atoms with E-state index in [-0.39, 0.29) is 6.04 Å². The molecule has 0 saturated carbocycles. The summed E-state index contributed by atoms with van der Waals surface area (Å²) < 4.78 is 0. The van der Waals surface area contributed by atoms with Crippen LogP contribution >= 0.6 is 0 Å². The van der Waals surface area contributed by atoms with E-state index >= 15 is 0 Å². The predicted octanol–water partition coefficient (Wildman–Crippen LogP) is 3.50. The van der Waals surface area contributed by atoms with Crippen LogP contribution in [0.2, 0.25) is 0 Å². The maximum atomic E-state index is 6.25. The molecular weight excluding hydrogens is 258 g/mol. The van der Waals surface area contributed by atoms with E-state index in [9.17, 15) is 0 Å². The molecule has 0 aliphatic rings. The summed E-state index contributed by atoms with van der Waals surface area (Å²) in [5.41, 5.74) is 11.4. The molecule has 1 aromatic heterocycles. The molecule has 3 rings (SSSR count). The van der Waals surface area contributed by atoms with Crippen molar-refractivity contribution in [3.63, 3.8) is 0 Å². The van der Waals surface area contributed by atoms with Gasteiger partial charge in [-0.05, 0) is 23.6 Å². The van der Waals surface area contributed by atoms with Crippen LogP contribution in [-0.2, 0) is 0 Å². The molecule has 1 unspecified atom stereocenters. The summed E-state index contributed by atoms with van der Waals surface area (Å²) in [7, 11) is 0. The summed E-state index contributed by atoms with van der Waals surface area (Å²) in [6, 6.07) is 18.3. The van der Waals surface area contributed by atoms with E-state index in [4.69, 9.17) is 5.73 Å². The van der Waals surface area contributed by atoms with E-state index in [1.54, 1.807) is 12.4 Å². The number of benzene rings is 2. The molecule has 104 valence electrons. The quantitative estimate of drug-likeness (QED) is 0.796. The molecule has 1 atom stereocenters. The monoisotopic (exact) mass is 275 g/mol. The summed E-state index contributed by atoms with van der Waals surface area (Å²) in [6.07, 6.45) is 3.48. The second-order valence-corrected chi connectivity index (χ2v) is 5.05. The van der Waals surface area contributed by atoms with Gasteiger partial charge in [0.25, 0.3) is 0 Å². The van der Waals surface area contributed by atoms with Gasteiger partial charge in [-0.2, -0.15) is 0 Å². The SMILES string of the molecule is Cc1cnc(C(N)c2ccc(-c3ccccc3)cc2)cn1. The Morgan fingerprint density at radius 3 is 2.10 bits per heavy atom. The Labute approximate surface area is 124 Å². The van der Waals surface area contributed by atoms with Crippen LogP contribution < -0.4 is 5.73 Å². The molecule has 0 saturated heterocycles. The lowest BCUT2D eigenvalue weighted by Crippen LogP contribution is -2.13. The zero-order valence-corrected chi connectivity index (χ0v) is 11.9. The van der Waals surface area contributed by atoms with Crippen LogP contribution in [0, 0.1) is 6.92 Å².